The van der Waals surface area contributed by atoms with Crippen molar-refractivity contribution in [3.63, 3.8) is 0 Å². The molecule has 0 amide bonds. The fourth-order valence-corrected chi connectivity index (χ4v) is 4.70. The van der Waals surface area contributed by atoms with Crippen LogP contribution < -0.4 is 5.63 Å². The van der Waals surface area contributed by atoms with E-state index in [9.17, 15) is 9.59 Å². The molecule has 0 spiro atoms. The van der Waals surface area contributed by atoms with Crippen LogP contribution in [-0.4, -0.2) is 11.1 Å². The van der Waals surface area contributed by atoms with Crippen molar-refractivity contribution in [2.75, 3.05) is 0 Å². The molecule has 6 rings (SSSR count). The van der Waals surface area contributed by atoms with Crippen LogP contribution in [0.2, 0.25) is 0 Å². The number of aryl methyl sites for hydroxylation is 1. The number of rotatable bonds is 5. The molecule has 5 heteroatoms. The van der Waals surface area contributed by atoms with Crippen LogP contribution in [-0.2, 0) is 29.2 Å². The quantitative estimate of drug-likeness (QED) is 0.200. The zero-order valence-electron chi connectivity index (χ0n) is 21.6. The van der Waals surface area contributed by atoms with Crippen LogP contribution in [0.5, 0.6) is 0 Å². The summed E-state index contributed by atoms with van der Waals surface area (Å²) in [5.74, 6) is -0.322. The van der Waals surface area contributed by atoms with Crippen LogP contribution in [0.25, 0.3) is 32.5 Å². The van der Waals surface area contributed by atoms with Gasteiger partial charge in [-0.2, -0.15) is 0 Å². The molecule has 1 aromatic heterocycles. The molecule has 0 saturated heterocycles. The maximum absolute atomic E-state index is 12.3. The summed E-state index contributed by atoms with van der Waals surface area (Å²) < 4.78 is 10.7. The lowest BCUT2D eigenvalue weighted by Crippen LogP contribution is -2.08. The van der Waals surface area contributed by atoms with Crippen molar-refractivity contribution in [2.45, 2.75) is 26.6 Å². The van der Waals surface area contributed by atoms with Gasteiger partial charge in [0.1, 0.15) is 12.2 Å². The number of carbonyl (C=O) groups is 1. The Bertz CT molecular complexity index is 1820. The van der Waals surface area contributed by atoms with E-state index >= 15 is 0 Å². The molecular weight excluding hydrogens is 488 g/mol. The van der Waals surface area contributed by atoms with Crippen LogP contribution in [0.15, 0.2) is 118 Å². The molecule has 0 atom stereocenters. The molecule has 39 heavy (non-hydrogen) atoms. The van der Waals surface area contributed by atoms with Gasteiger partial charge in [0, 0.05) is 11.5 Å². The van der Waals surface area contributed by atoms with E-state index in [1.54, 1.807) is 6.07 Å². The molecule has 0 bridgehead atoms. The monoisotopic (exact) mass is 516 g/mol. The van der Waals surface area contributed by atoms with Crippen LogP contribution in [0.3, 0.4) is 0 Å². The molecule has 194 valence electrons. The summed E-state index contributed by atoms with van der Waals surface area (Å²) in [7, 11) is 0. The summed E-state index contributed by atoms with van der Waals surface area (Å²) in [6, 6.07) is 34.9. The van der Waals surface area contributed by atoms with Gasteiger partial charge < -0.3 is 14.3 Å². The van der Waals surface area contributed by atoms with Crippen molar-refractivity contribution >= 4 is 38.5 Å². The SMILES string of the molecule is Cc1cc(=O)oc2cc(CC(=O)OCc3cccc4ccccc34)ccc12.OCc1cccc2ccccc12. The number of fused-ring (bicyclic) bond motifs is 3. The normalized spacial score (nSPS) is 10.8. The molecule has 5 aromatic carbocycles. The summed E-state index contributed by atoms with van der Waals surface area (Å²) in [6.07, 6.45) is 0.123. The van der Waals surface area contributed by atoms with E-state index in [0.717, 1.165) is 43.8 Å². The van der Waals surface area contributed by atoms with Crippen molar-refractivity contribution < 1.29 is 19.1 Å². The Balaban J connectivity index is 0.000000214. The fraction of sp³-hybridized carbons (Fsp3) is 0.118. The van der Waals surface area contributed by atoms with E-state index in [1.165, 1.54) is 11.5 Å². The van der Waals surface area contributed by atoms with Crippen LogP contribution in [0.4, 0.5) is 0 Å². The van der Waals surface area contributed by atoms with Gasteiger partial charge in [0.2, 0.25) is 0 Å². The van der Waals surface area contributed by atoms with Crippen molar-refractivity contribution in [1.82, 2.24) is 0 Å². The summed E-state index contributed by atoms with van der Waals surface area (Å²) in [6.45, 7) is 2.20. The Morgan fingerprint density at radius 1 is 0.744 bits per heavy atom. The van der Waals surface area contributed by atoms with Gasteiger partial charge in [0.05, 0.1) is 13.0 Å². The standard InChI is InChI=1S/C23H18O4.C11H10O/c1-15-11-23(25)27-21-12-16(9-10-19(15)21)13-22(24)26-14-18-7-4-6-17-5-2-3-8-20(17)18;12-8-10-6-3-5-9-4-1-2-7-11(9)10/h2-12H,13-14H2,1H3;1-7,12H,8H2. The molecule has 5 nitrogen and oxygen atoms in total. The van der Waals surface area contributed by atoms with E-state index in [4.69, 9.17) is 14.3 Å². The molecule has 0 unspecified atom stereocenters. The first kappa shape index (κ1) is 25.9. The van der Waals surface area contributed by atoms with Gasteiger partial charge in [0.25, 0.3) is 0 Å². The molecule has 0 aliphatic carbocycles. The average Bonchev–Trinajstić information content (AvgIpc) is 2.96. The van der Waals surface area contributed by atoms with Crippen LogP contribution in [0, 0.1) is 6.92 Å². The van der Waals surface area contributed by atoms with Gasteiger partial charge in [-0.05, 0) is 56.8 Å². The van der Waals surface area contributed by atoms with Crippen molar-refractivity contribution in [3.05, 3.63) is 142 Å². The molecular formula is C34H28O5. The number of esters is 1. The minimum Gasteiger partial charge on any atom is -0.461 e. The maximum atomic E-state index is 12.3. The van der Waals surface area contributed by atoms with Gasteiger partial charge in [-0.15, -0.1) is 0 Å². The third-order valence-corrected chi connectivity index (χ3v) is 6.68. The van der Waals surface area contributed by atoms with Crippen LogP contribution >= 0.6 is 0 Å². The van der Waals surface area contributed by atoms with Crippen molar-refractivity contribution in [2.24, 2.45) is 0 Å². The first-order chi connectivity index (χ1) is 19.0. The highest BCUT2D eigenvalue weighted by Crippen LogP contribution is 2.21. The minimum atomic E-state index is -0.393. The molecule has 1 heterocycles. The zero-order valence-corrected chi connectivity index (χ0v) is 21.6. The number of aliphatic hydroxyl groups is 1. The number of aliphatic hydroxyl groups excluding tert-OH is 1. The summed E-state index contributed by atoms with van der Waals surface area (Å²) in [5.41, 5.74) is 3.66. The fourth-order valence-electron chi connectivity index (χ4n) is 4.70. The van der Waals surface area contributed by atoms with Gasteiger partial charge >= 0.3 is 11.6 Å². The molecule has 0 aliphatic rings. The highest BCUT2D eigenvalue weighted by atomic mass is 16.5. The summed E-state index contributed by atoms with van der Waals surface area (Å²) in [4.78, 5) is 23.8. The van der Waals surface area contributed by atoms with E-state index in [-0.39, 0.29) is 25.6 Å². The number of hydrogen-bond donors (Lipinski definition) is 1. The average molecular weight is 517 g/mol. The summed E-state index contributed by atoms with van der Waals surface area (Å²) in [5, 5.41) is 14.4. The maximum Gasteiger partial charge on any atom is 0.336 e. The Labute approximate surface area is 225 Å². The second-order valence-electron chi connectivity index (χ2n) is 9.35. The van der Waals surface area contributed by atoms with Gasteiger partial charge in [0.15, 0.2) is 0 Å². The zero-order chi connectivity index (χ0) is 27.2. The minimum absolute atomic E-state index is 0.112. The lowest BCUT2D eigenvalue weighted by molar-refractivity contribution is -0.144. The Hall–Kier alpha value is -4.74. The Morgan fingerprint density at radius 2 is 1.36 bits per heavy atom. The molecule has 0 fully saturated rings. The van der Waals surface area contributed by atoms with Crippen molar-refractivity contribution in [3.8, 4) is 0 Å². The topological polar surface area (TPSA) is 76.7 Å². The van der Waals surface area contributed by atoms with Gasteiger partial charge in [-0.1, -0.05) is 97.1 Å². The van der Waals surface area contributed by atoms with Crippen molar-refractivity contribution in [1.29, 1.82) is 0 Å². The molecule has 1 N–H and O–H groups in total. The molecule has 0 aliphatic heterocycles. The molecule has 6 aromatic rings. The first-order valence-electron chi connectivity index (χ1n) is 12.7. The van der Waals surface area contributed by atoms with E-state index < -0.39 is 5.63 Å². The highest BCUT2D eigenvalue weighted by molar-refractivity contribution is 5.86. The molecule has 0 radical (unpaired) electrons. The van der Waals surface area contributed by atoms with E-state index in [0.29, 0.717) is 5.58 Å². The second-order valence-corrected chi connectivity index (χ2v) is 9.35. The summed E-state index contributed by atoms with van der Waals surface area (Å²) >= 11 is 0. The predicted octanol–water partition coefficient (Wildman–Crippen LogP) is 6.87. The van der Waals surface area contributed by atoms with Gasteiger partial charge in [-0.3, -0.25) is 4.79 Å². The lowest BCUT2D eigenvalue weighted by Gasteiger charge is -2.09. The third-order valence-electron chi connectivity index (χ3n) is 6.68. The smallest absolute Gasteiger partial charge is 0.336 e. The van der Waals surface area contributed by atoms with Gasteiger partial charge in [-0.25, -0.2) is 4.79 Å². The third kappa shape index (κ3) is 6.06. The second kappa shape index (κ2) is 11.8. The van der Waals surface area contributed by atoms with Crippen LogP contribution in [0.1, 0.15) is 22.3 Å². The van der Waals surface area contributed by atoms with E-state index in [1.807, 2.05) is 91.9 Å². The number of ether oxygens (including phenoxy) is 1. The number of hydrogen-bond acceptors (Lipinski definition) is 5. The highest BCUT2D eigenvalue weighted by Gasteiger charge is 2.10. The molecule has 0 saturated carbocycles. The lowest BCUT2D eigenvalue weighted by atomic mass is 10.1. The predicted molar refractivity (Wildman–Crippen MR) is 155 cm³/mol. The van der Waals surface area contributed by atoms with E-state index in [2.05, 4.69) is 12.1 Å². The Morgan fingerprint density at radius 3 is 2.05 bits per heavy atom. The largest absolute Gasteiger partial charge is 0.461 e. The number of benzene rings is 5. The first-order valence-corrected chi connectivity index (χ1v) is 12.7. The Kier molecular flexibility index (Phi) is 7.80. The number of carbonyl (C=O) groups excluding carboxylic acids is 1.